The molecule has 6 heteroatoms. The second-order valence-corrected chi connectivity index (χ2v) is 5.34. The quantitative estimate of drug-likeness (QED) is 0.922. The lowest BCUT2D eigenvalue weighted by molar-refractivity contribution is 0.275. The van der Waals surface area contributed by atoms with Crippen molar-refractivity contribution >= 4 is 11.6 Å². The molecule has 0 amide bonds. The average molecular weight is 310 g/mol. The number of aromatic nitrogens is 2. The molecular weight excluding hydrogens is 290 g/mol. The third-order valence-corrected chi connectivity index (χ3v) is 3.83. The van der Waals surface area contributed by atoms with E-state index in [-0.39, 0.29) is 6.04 Å². The summed E-state index contributed by atoms with van der Waals surface area (Å²) in [6.07, 6.45) is 0. The summed E-state index contributed by atoms with van der Waals surface area (Å²) in [6.45, 7) is 4.11. The smallest absolute Gasteiger partial charge is 0.161 e. The van der Waals surface area contributed by atoms with E-state index < -0.39 is 0 Å². The standard InChI is InChI=1S/C15H20ClN3O2/c1-9(17)11-5-6-13(14(7-11)20-4)21-8-12-15(16)10(2)18-19(12)3/h5-7,9H,8,17H2,1-4H3/t9-/m0/s1. The van der Waals surface area contributed by atoms with Crippen LogP contribution in [0.1, 0.15) is 29.9 Å². The molecule has 2 rings (SSSR count). The summed E-state index contributed by atoms with van der Waals surface area (Å²) in [4.78, 5) is 0. The van der Waals surface area contributed by atoms with E-state index in [0.717, 1.165) is 17.0 Å². The molecule has 0 unspecified atom stereocenters. The van der Waals surface area contributed by atoms with Gasteiger partial charge in [-0.05, 0) is 31.5 Å². The van der Waals surface area contributed by atoms with E-state index in [4.69, 9.17) is 26.8 Å². The van der Waals surface area contributed by atoms with E-state index >= 15 is 0 Å². The topological polar surface area (TPSA) is 62.3 Å². The van der Waals surface area contributed by atoms with Crippen molar-refractivity contribution in [3.05, 3.63) is 40.2 Å². The predicted molar refractivity (Wildman–Crippen MR) is 82.9 cm³/mol. The van der Waals surface area contributed by atoms with Gasteiger partial charge in [-0.3, -0.25) is 4.68 Å². The van der Waals surface area contributed by atoms with Crippen molar-refractivity contribution in [2.75, 3.05) is 7.11 Å². The van der Waals surface area contributed by atoms with E-state index in [1.54, 1.807) is 11.8 Å². The summed E-state index contributed by atoms with van der Waals surface area (Å²) >= 11 is 6.21. The van der Waals surface area contributed by atoms with Crippen molar-refractivity contribution in [2.24, 2.45) is 12.8 Å². The fourth-order valence-corrected chi connectivity index (χ4v) is 2.28. The number of ether oxygens (including phenoxy) is 2. The Kier molecular flexibility index (Phi) is 4.75. The summed E-state index contributed by atoms with van der Waals surface area (Å²) in [5.41, 5.74) is 8.48. The molecule has 0 aliphatic carbocycles. The van der Waals surface area contributed by atoms with E-state index in [2.05, 4.69) is 5.10 Å². The number of aryl methyl sites for hydroxylation is 2. The van der Waals surface area contributed by atoms with Gasteiger partial charge in [-0.1, -0.05) is 17.7 Å². The Morgan fingerprint density at radius 3 is 2.62 bits per heavy atom. The van der Waals surface area contributed by atoms with Crippen LogP contribution < -0.4 is 15.2 Å². The molecule has 0 saturated heterocycles. The highest BCUT2D eigenvalue weighted by Gasteiger charge is 2.13. The first-order valence-electron chi connectivity index (χ1n) is 6.68. The van der Waals surface area contributed by atoms with Gasteiger partial charge in [-0.15, -0.1) is 0 Å². The third kappa shape index (κ3) is 3.31. The van der Waals surface area contributed by atoms with Crippen LogP contribution in [0.3, 0.4) is 0 Å². The molecule has 0 radical (unpaired) electrons. The summed E-state index contributed by atoms with van der Waals surface area (Å²) in [5.74, 6) is 1.30. The number of hydrogen-bond acceptors (Lipinski definition) is 4. The molecule has 1 aromatic carbocycles. The Bertz CT molecular complexity index is 638. The van der Waals surface area contributed by atoms with Crippen molar-refractivity contribution in [1.82, 2.24) is 9.78 Å². The van der Waals surface area contributed by atoms with Crippen LogP contribution in [-0.4, -0.2) is 16.9 Å². The molecule has 1 atom stereocenters. The van der Waals surface area contributed by atoms with Crippen LogP contribution in [0.25, 0.3) is 0 Å². The van der Waals surface area contributed by atoms with Crippen molar-refractivity contribution in [1.29, 1.82) is 0 Å². The fraction of sp³-hybridized carbons (Fsp3) is 0.400. The van der Waals surface area contributed by atoms with Crippen LogP contribution in [0, 0.1) is 6.92 Å². The zero-order chi connectivity index (χ0) is 15.6. The number of benzene rings is 1. The predicted octanol–water partition coefficient (Wildman–Crippen LogP) is 2.99. The van der Waals surface area contributed by atoms with E-state index in [9.17, 15) is 0 Å². The van der Waals surface area contributed by atoms with Gasteiger partial charge in [0.2, 0.25) is 0 Å². The Labute approximate surface area is 129 Å². The van der Waals surface area contributed by atoms with Crippen molar-refractivity contribution in [2.45, 2.75) is 26.5 Å². The van der Waals surface area contributed by atoms with Gasteiger partial charge in [-0.2, -0.15) is 5.10 Å². The maximum Gasteiger partial charge on any atom is 0.161 e. The number of hydrogen-bond donors (Lipinski definition) is 1. The van der Waals surface area contributed by atoms with E-state index in [0.29, 0.717) is 23.1 Å². The average Bonchev–Trinajstić information content (AvgIpc) is 2.70. The van der Waals surface area contributed by atoms with Crippen LogP contribution >= 0.6 is 11.6 Å². The second kappa shape index (κ2) is 6.37. The molecule has 0 spiro atoms. The minimum atomic E-state index is -0.0536. The van der Waals surface area contributed by atoms with Crippen LogP contribution in [0.15, 0.2) is 18.2 Å². The molecule has 0 bridgehead atoms. The van der Waals surface area contributed by atoms with Crippen LogP contribution in [0.5, 0.6) is 11.5 Å². The molecule has 21 heavy (non-hydrogen) atoms. The first-order chi connectivity index (χ1) is 9.93. The largest absolute Gasteiger partial charge is 0.493 e. The number of methoxy groups -OCH3 is 1. The van der Waals surface area contributed by atoms with Crippen molar-refractivity contribution in [3.63, 3.8) is 0 Å². The first kappa shape index (κ1) is 15.7. The summed E-state index contributed by atoms with van der Waals surface area (Å²) in [6, 6.07) is 5.62. The summed E-state index contributed by atoms with van der Waals surface area (Å²) in [7, 11) is 3.45. The highest BCUT2D eigenvalue weighted by Crippen LogP contribution is 2.31. The Balaban J connectivity index is 2.20. The summed E-state index contributed by atoms with van der Waals surface area (Å²) in [5, 5.41) is 4.89. The highest BCUT2D eigenvalue weighted by atomic mass is 35.5. The maximum absolute atomic E-state index is 6.21. The first-order valence-corrected chi connectivity index (χ1v) is 7.06. The highest BCUT2D eigenvalue weighted by molar-refractivity contribution is 6.31. The maximum atomic E-state index is 6.21. The normalized spacial score (nSPS) is 12.3. The zero-order valence-corrected chi connectivity index (χ0v) is 13.4. The van der Waals surface area contributed by atoms with Crippen LogP contribution in [0.2, 0.25) is 5.02 Å². The second-order valence-electron chi connectivity index (χ2n) is 4.96. The molecular formula is C15H20ClN3O2. The SMILES string of the molecule is COc1cc([C@H](C)N)ccc1OCc1c(Cl)c(C)nn1C. The third-order valence-electron chi connectivity index (χ3n) is 3.34. The molecule has 2 N–H and O–H groups in total. The van der Waals surface area contributed by atoms with Gasteiger partial charge in [0.15, 0.2) is 11.5 Å². The Morgan fingerprint density at radius 2 is 2.10 bits per heavy atom. The minimum absolute atomic E-state index is 0.0536. The van der Waals surface area contributed by atoms with Gasteiger partial charge in [0.25, 0.3) is 0 Å². The zero-order valence-electron chi connectivity index (χ0n) is 12.7. The molecule has 0 fully saturated rings. The van der Waals surface area contributed by atoms with E-state index in [1.165, 1.54) is 0 Å². The molecule has 2 aromatic rings. The number of nitrogens with two attached hydrogens (primary N) is 1. The van der Waals surface area contributed by atoms with Gasteiger partial charge in [0.05, 0.1) is 23.5 Å². The number of halogens is 1. The fourth-order valence-electron chi connectivity index (χ4n) is 2.07. The lowest BCUT2D eigenvalue weighted by Crippen LogP contribution is -2.07. The van der Waals surface area contributed by atoms with Crippen LogP contribution in [-0.2, 0) is 13.7 Å². The molecule has 0 saturated carbocycles. The molecule has 1 aromatic heterocycles. The van der Waals surface area contributed by atoms with Crippen molar-refractivity contribution < 1.29 is 9.47 Å². The van der Waals surface area contributed by atoms with Gasteiger partial charge < -0.3 is 15.2 Å². The minimum Gasteiger partial charge on any atom is -0.493 e. The summed E-state index contributed by atoms with van der Waals surface area (Å²) < 4.78 is 12.9. The molecule has 5 nitrogen and oxygen atoms in total. The van der Waals surface area contributed by atoms with Gasteiger partial charge in [-0.25, -0.2) is 0 Å². The van der Waals surface area contributed by atoms with E-state index in [1.807, 2.05) is 39.1 Å². The molecule has 0 aliphatic heterocycles. The molecule has 0 aliphatic rings. The van der Waals surface area contributed by atoms with Gasteiger partial charge in [0.1, 0.15) is 6.61 Å². The monoisotopic (exact) mass is 309 g/mol. The Hall–Kier alpha value is -1.72. The van der Waals surface area contributed by atoms with Gasteiger partial charge in [0, 0.05) is 13.1 Å². The molecule has 114 valence electrons. The van der Waals surface area contributed by atoms with Crippen LogP contribution in [0.4, 0.5) is 0 Å². The molecule has 1 heterocycles. The number of rotatable bonds is 5. The van der Waals surface area contributed by atoms with Crippen molar-refractivity contribution in [3.8, 4) is 11.5 Å². The Morgan fingerprint density at radius 1 is 1.38 bits per heavy atom. The number of nitrogens with zero attached hydrogens (tertiary/aromatic N) is 2. The lowest BCUT2D eigenvalue weighted by atomic mass is 10.1. The van der Waals surface area contributed by atoms with Gasteiger partial charge >= 0.3 is 0 Å². The lowest BCUT2D eigenvalue weighted by Gasteiger charge is -2.14.